The maximum Gasteiger partial charge on any atom is 0.410 e. The van der Waals surface area contributed by atoms with Crippen LogP contribution in [0.2, 0.25) is 10.0 Å². The number of hydrogen-bond donors (Lipinski definition) is 2. The molecule has 0 radical (unpaired) electrons. The van der Waals surface area contributed by atoms with Gasteiger partial charge in [-0.1, -0.05) is 23.2 Å². The molecule has 7 heteroatoms. The number of aromatic hydroxyl groups is 1. The number of aliphatic hydroxyl groups is 1. The van der Waals surface area contributed by atoms with Gasteiger partial charge in [-0.25, -0.2) is 4.79 Å². The van der Waals surface area contributed by atoms with Crippen LogP contribution in [-0.2, 0) is 4.74 Å². The second-order valence-corrected chi connectivity index (χ2v) is 6.24. The fraction of sp³-hybridized carbons (Fsp3) is 0.500. The predicted octanol–water partition coefficient (Wildman–Crippen LogP) is 2.76. The number of benzene rings is 1. The first-order valence-electron chi connectivity index (χ1n) is 6.76. The SMILES string of the molecule is O=C1OC(CO)C[C@@H]2C[C@H](c3c(O)ccc(Cl)c3Cl)CN12. The summed E-state index contributed by atoms with van der Waals surface area (Å²) >= 11 is 12.2. The standard InChI is InChI=1S/C14H15Cl2NO4/c15-10-1-2-11(19)12(13(10)16)7-3-8-4-9(6-18)21-14(20)17(8)5-7/h1-2,7-9,18-19H,3-6H2/t7-,8-,9?/m0/s1. The zero-order valence-corrected chi connectivity index (χ0v) is 12.6. The Morgan fingerprint density at radius 2 is 2.10 bits per heavy atom. The number of aliphatic hydroxyl groups excluding tert-OH is 1. The number of phenols is 1. The Balaban J connectivity index is 1.88. The van der Waals surface area contributed by atoms with Crippen LogP contribution in [0.5, 0.6) is 5.75 Å². The molecule has 2 N–H and O–H groups in total. The van der Waals surface area contributed by atoms with Gasteiger partial charge in [0.1, 0.15) is 11.9 Å². The molecule has 21 heavy (non-hydrogen) atoms. The van der Waals surface area contributed by atoms with E-state index in [-0.39, 0.29) is 24.3 Å². The van der Waals surface area contributed by atoms with Gasteiger partial charge in [0, 0.05) is 30.5 Å². The average molecular weight is 332 g/mol. The summed E-state index contributed by atoms with van der Waals surface area (Å²) in [5, 5.41) is 19.9. The summed E-state index contributed by atoms with van der Waals surface area (Å²) < 4.78 is 5.13. The van der Waals surface area contributed by atoms with E-state index >= 15 is 0 Å². The summed E-state index contributed by atoms with van der Waals surface area (Å²) in [5.41, 5.74) is 0.576. The largest absolute Gasteiger partial charge is 0.508 e. The lowest BCUT2D eigenvalue weighted by Crippen LogP contribution is -2.46. The summed E-state index contributed by atoms with van der Waals surface area (Å²) in [4.78, 5) is 13.6. The molecule has 0 spiro atoms. The van der Waals surface area contributed by atoms with Crippen molar-refractivity contribution in [1.29, 1.82) is 0 Å². The van der Waals surface area contributed by atoms with Crippen molar-refractivity contribution in [2.75, 3.05) is 13.2 Å². The molecule has 0 aliphatic carbocycles. The number of ether oxygens (including phenoxy) is 1. The van der Waals surface area contributed by atoms with E-state index in [0.29, 0.717) is 35.0 Å². The predicted molar refractivity (Wildman–Crippen MR) is 78.0 cm³/mol. The quantitative estimate of drug-likeness (QED) is 0.874. The molecule has 3 atom stereocenters. The summed E-state index contributed by atoms with van der Waals surface area (Å²) in [6.07, 6.45) is 0.364. The molecule has 1 amide bonds. The number of phenolic OH excluding ortho intramolecular Hbond substituents is 1. The zero-order chi connectivity index (χ0) is 15.1. The summed E-state index contributed by atoms with van der Waals surface area (Å²) in [6, 6.07) is 3.04. The molecule has 2 aliphatic rings. The Kier molecular flexibility index (Phi) is 3.90. The van der Waals surface area contributed by atoms with Gasteiger partial charge in [-0.15, -0.1) is 0 Å². The first-order valence-corrected chi connectivity index (χ1v) is 7.51. The minimum atomic E-state index is -0.457. The highest BCUT2D eigenvalue weighted by atomic mass is 35.5. The molecule has 3 rings (SSSR count). The summed E-state index contributed by atoms with van der Waals surface area (Å²) in [7, 11) is 0. The zero-order valence-electron chi connectivity index (χ0n) is 11.1. The smallest absolute Gasteiger partial charge is 0.410 e. The molecule has 0 saturated carbocycles. The Bertz CT molecular complexity index is 580. The van der Waals surface area contributed by atoms with E-state index in [0.717, 1.165) is 0 Å². The van der Waals surface area contributed by atoms with Crippen molar-refractivity contribution in [3.8, 4) is 5.75 Å². The maximum atomic E-state index is 11.9. The molecule has 5 nitrogen and oxygen atoms in total. The van der Waals surface area contributed by atoms with Crippen LogP contribution in [0.25, 0.3) is 0 Å². The number of rotatable bonds is 2. The normalized spacial score (nSPS) is 28.4. The van der Waals surface area contributed by atoms with Crippen LogP contribution in [0.4, 0.5) is 4.79 Å². The number of cyclic esters (lactones) is 1. The van der Waals surface area contributed by atoms with Crippen LogP contribution in [0, 0.1) is 0 Å². The molecule has 1 aromatic rings. The van der Waals surface area contributed by atoms with E-state index in [1.165, 1.54) is 6.07 Å². The highest BCUT2D eigenvalue weighted by molar-refractivity contribution is 6.42. The van der Waals surface area contributed by atoms with E-state index in [9.17, 15) is 9.90 Å². The van der Waals surface area contributed by atoms with E-state index in [1.54, 1.807) is 11.0 Å². The van der Waals surface area contributed by atoms with Gasteiger partial charge in [0.25, 0.3) is 0 Å². The maximum absolute atomic E-state index is 11.9. The Hall–Kier alpha value is -1.17. The van der Waals surface area contributed by atoms with Crippen molar-refractivity contribution in [3.63, 3.8) is 0 Å². The number of halogens is 2. The lowest BCUT2D eigenvalue weighted by molar-refractivity contribution is -0.0127. The first-order chi connectivity index (χ1) is 10.0. The van der Waals surface area contributed by atoms with Crippen molar-refractivity contribution in [2.24, 2.45) is 0 Å². The highest BCUT2D eigenvalue weighted by Crippen LogP contribution is 2.44. The van der Waals surface area contributed by atoms with Crippen molar-refractivity contribution in [3.05, 3.63) is 27.7 Å². The van der Waals surface area contributed by atoms with Crippen molar-refractivity contribution >= 4 is 29.3 Å². The monoisotopic (exact) mass is 331 g/mol. The minimum absolute atomic E-state index is 0.0113. The number of hydrogen-bond acceptors (Lipinski definition) is 4. The summed E-state index contributed by atoms with van der Waals surface area (Å²) in [5.74, 6) is -0.00693. The summed E-state index contributed by atoms with van der Waals surface area (Å²) in [6.45, 7) is 0.249. The first kappa shape index (κ1) is 14.8. The van der Waals surface area contributed by atoms with Crippen LogP contribution >= 0.6 is 23.2 Å². The molecular weight excluding hydrogens is 317 g/mol. The number of amides is 1. The molecule has 0 aromatic heterocycles. The molecule has 2 saturated heterocycles. The molecule has 2 heterocycles. The van der Waals surface area contributed by atoms with Gasteiger partial charge in [-0.05, 0) is 18.6 Å². The number of nitrogens with zero attached hydrogens (tertiary/aromatic N) is 1. The average Bonchev–Trinajstić information content (AvgIpc) is 2.87. The third-order valence-electron chi connectivity index (χ3n) is 4.17. The van der Waals surface area contributed by atoms with E-state index in [1.807, 2.05) is 0 Å². The van der Waals surface area contributed by atoms with Crippen LogP contribution in [-0.4, -0.2) is 46.5 Å². The topological polar surface area (TPSA) is 70.0 Å². The molecule has 1 unspecified atom stereocenters. The van der Waals surface area contributed by atoms with Crippen molar-refractivity contribution < 1.29 is 19.7 Å². The van der Waals surface area contributed by atoms with Crippen molar-refractivity contribution in [2.45, 2.75) is 30.9 Å². The van der Waals surface area contributed by atoms with Crippen molar-refractivity contribution in [1.82, 2.24) is 4.90 Å². The molecule has 1 aromatic carbocycles. The minimum Gasteiger partial charge on any atom is -0.508 e. The molecule has 0 bridgehead atoms. The number of carbonyl (C=O) groups excluding carboxylic acids is 1. The molecular formula is C14H15Cl2NO4. The molecule has 2 aliphatic heterocycles. The van der Waals surface area contributed by atoms with Crippen LogP contribution in [0.3, 0.4) is 0 Å². The van der Waals surface area contributed by atoms with Crippen LogP contribution < -0.4 is 0 Å². The van der Waals surface area contributed by atoms with E-state index in [4.69, 9.17) is 33.0 Å². The van der Waals surface area contributed by atoms with Gasteiger partial charge >= 0.3 is 6.09 Å². The number of carbonyl (C=O) groups is 1. The van der Waals surface area contributed by atoms with Gasteiger partial charge in [-0.3, -0.25) is 0 Å². The number of fused-ring (bicyclic) bond motifs is 1. The third kappa shape index (κ3) is 2.54. The fourth-order valence-electron chi connectivity index (χ4n) is 3.19. The Morgan fingerprint density at radius 1 is 1.33 bits per heavy atom. The highest BCUT2D eigenvalue weighted by Gasteiger charge is 2.43. The fourth-order valence-corrected chi connectivity index (χ4v) is 3.67. The van der Waals surface area contributed by atoms with Gasteiger partial charge < -0.3 is 19.8 Å². The van der Waals surface area contributed by atoms with E-state index < -0.39 is 12.2 Å². The molecule has 2 fully saturated rings. The second-order valence-electron chi connectivity index (χ2n) is 5.46. The van der Waals surface area contributed by atoms with Gasteiger partial charge in [-0.2, -0.15) is 0 Å². The van der Waals surface area contributed by atoms with Gasteiger partial charge in [0.2, 0.25) is 0 Å². The van der Waals surface area contributed by atoms with Gasteiger partial charge in [0.15, 0.2) is 0 Å². The Morgan fingerprint density at radius 3 is 2.81 bits per heavy atom. The second kappa shape index (κ2) is 5.55. The van der Waals surface area contributed by atoms with E-state index in [2.05, 4.69) is 0 Å². The Labute approximate surface area is 132 Å². The lowest BCUT2D eigenvalue weighted by atomic mass is 9.93. The van der Waals surface area contributed by atoms with Crippen LogP contribution in [0.1, 0.15) is 24.3 Å². The lowest BCUT2D eigenvalue weighted by Gasteiger charge is -2.33. The molecule has 114 valence electrons. The van der Waals surface area contributed by atoms with Crippen LogP contribution in [0.15, 0.2) is 12.1 Å². The third-order valence-corrected chi connectivity index (χ3v) is 4.99. The van der Waals surface area contributed by atoms with Gasteiger partial charge in [0.05, 0.1) is 16.7 Å².